The molecule has 1 heterocycles. The van der Waals surface area contributed by atoms with Crippen LogP contribution in [0.1, 0.15) is 15.9 Å². The number of hydrogen-bond donors (Lipinski definition) is 0. The minimum Gasteiger partial charge on any atom is -0.296 e. The predicted octanol–water partition coefficient (Wildman–Crippen LogP) is 1.70. The predicted molar refractivity (Wildman–Crippen MR) is 84.4 cm³/mol. The number of benzene rings is 2. The van der Waals surface area contributed by atoms with Crippen LogP contribution in [0.2, 0.25) is 0 Å². The maximum absolute atomic E-state index is 12.5. The Balaban J connectivity index is 2.32. The van der Waals surface area contributed by atoms with Gasteiger partial charge >= 0.3 is 5.69 Å². The van der Waals surface area contributed by atoms with Gasteiger partial charge in [0.2, 0.25) is 0 Å². The summed E-state index contributed by atoms with van der Waals surface area (Å²) in [5, 5.41) is 0.338. The normalized spacial score (nSPS) is 10.8. The first kappa shape index (κ1) is 14.0. The molecule has 0 unspecified atom stereocenters. The lowest BCUT2D eigenvalue weighted by atomic mass is 10.1. The molecule has 1 aromatic heterocycles. The van der Waals surface area contributed by atoms with E-state index in [2.05, 4.69) is 0 Å². The molecule has 2 aromatic carbocycles. The summed E-state index contributed by atoms with van der Waals surface area (Å²) < 4.78 is 2.00. The van der Waals surface area contributed by atoms with E-state index >= 15 is 0 Å². The summed E-state index contributed by atoms with van der Waals surface area (Å²) >= 11 is 0. The first-order chi connectivity index (χ1) is 10.5. The Morgan fingerprint density at radius 3 is 2.27 bits per heavy atom. The van der Waals surface area contributed by atoms with E-state index < -0.39 is 17.2 Å². The lowest BCUT2D eigenvalue weighted by Gasteiger charge is -2.09. The topological polar surface area (TPSA) is 61.1 Å². The lowest BCUT2D eigenvalue weighted by Crippen LogP contribution is -2.43. The Labute approximate surface area is 126 Å². The van der Waals surface area contributed by atoms with Crippen molar-refractivity contribution in [2.75, 3.05) is 0 Å². The van der Waals surface area contributed by atoms with E-state index in [0.717, 1.165) is 5.56 Å². The van der Waals surface area contributed by atoms with E-state index in [1.165, 1.54) is 4.57 Å². The molecule has 110 valence electrons. The zero-order valence-electron chi connectivity index (χ0n) is 12.2. The Bertz CT molecular complexity index is 995. The number of aryl methyl sites for hydroxylation is 2. The van der Waals surface area contributed by atoms with E-state index in [4.69, 9.17) is 0 Å². The maximum Gasteiger partial charge on any atom is 0.338 e. The number of hydrogen-bond acceptors (Lipinski definition) is 3. The fraction of sp³-hybridized carbons (Fsp3) is 0.118. The molecule has 3 rings (SSSR count). The summed E-state index contributed by atoms with van der Waals surface area (Å²) in [5.41, 5.74) is 0.569. The van der Waals surface area contributed by atoms with Crippen molar-refractivity contribution >= 4 is 16.8 Å². The van der Waals surface area contributed by atoms with Crippen molar-refractivity contribution in [3.63, 3.8) is 0 Å². The third-order valence-corrected chi connectivity index (χ3v) is 3.68. The van der Waals surface area contributed by atoms with E-state index in [1.807, 2.05) is 6.92 Å². The largest absolute Gasteiger partial charge is 0.338 e. The van der Waals surface area contributed by atoms with Crippen LogP contribution < -0.4 is 11.2 Å². The van der Waals surface area contributed by atoms with Gasteiger partial charge in [0, 0.05) is 12.6 Å². The highest BCUT2D eigenvalue weighted by Crippen LogP contribution is 2.08. The molecule has 0 aliphatic rings. The van der Waals surface area contributed by atoms with E-state index in [0.29, 0.717) is 21.0 Å². The van der Waals surface area contributed by atoms with Crippen molar-refractivity contribution in [1.29, 1.82) is 0 Å². The van der Waals surface area contributed by atoms with Gasteiger partial charge in [0.25, 0.3) is 11.5 Å². The molecule has 3 aromatic rings. The summed E-state index contributed by atoms with van der Waals surface area (Å²) in [7, 11) is 1.54. The maximum atomic E-state index is 12.5. The number of nitrogens with zero attached hydrogens (tertiary/aromatic N) is 2. The van der Waals surface area contributed by atoms with Gasteiger partial charge in [-0.3, -0.25) is 14.2 Å². The molecule has 0 atom stereocenters. The van der Waals surface area contributed by atoms with Crippen LogP contribution in [0.4, 0.5) is 0 Å². The van der Waals surface area contributed by atoms with Crippen LogP contribution in [0.15, 0.2) is 58.1 Å². The van der Waals surface area contributed by atoms with Gasteiger partial charge in [-0.15, -0.1) is 0 Å². The highest BCUT2D eigenvalue weighted by Gasteiger charge is 2.17. The molecule has 5 nitrogen and oxygen atoms in total. The molecule has 0 radical (unpaired) electrons. The Hall–Kier alpha value is -2.95. The fourth-order valence-electron chi connectivity index (χ4n) is 2.41. The van der Waals surface area contributed by atoms with Crippen LogP contribution in [0.3, 0.4) is 0 Å². The molecule has 0 saturated carbocycles. The van der Waals surface area contributed by atoms with E-state index in [9.17, 15) is 14.4 Å². The second-order valence-corrected chi connectivity index (χ2v) is 5.17. The van der Waals surface area contributed by atoms with Gasteiger partial charge in [-0.05, 0) is 31.2 Å². The molecule has 5 heteroatoms. The van der Waals surface area contributed by atoms with Gasteiger partial charge in [0.15, 0.2) is 0 Å². The van der Waals surface area contributed by atoms with Gasteiger partial charge in [-0.1, -0.05) is 29.8 Å². The van der Waals surface area contributed by atoms with Crippen LogP contribution >= 0.6 is 0 Å². The summed E-state index contributed by atoms with van der Waals surface area (Å²) in [5.74, 6) is -0.614. The zero-order chi connectivity index (χ0) is 15.9. The second-order valence-electron chi connectivity index (χ2n) is 5.17. The molecule has 0 saturated heterocycles. The van der Waals surface area contributed by atoms with Gasteiger partial charge < -0.3 is 0 Å². The zero-order valence-corrected chi connectivity index (χ0v) is 12.2. The van der Waals surface area contributed by atoms with Gasteiger partial charge in [-0.2, -0.15) is 4.57 Å². The number of carbonyl (C=O) groups is 1. The number of fused-ring (bicyclic) bond motifs is 1. The SMILES string of the molecule is Cc1ccc(C(=O)n2c(=O)c3ccccc3n(C)c2=O)cc1. The first-order valence-corrected chi connectivity index (χ1v) is 6.83. The molecule has 0 aliphatic heterocycles. The van der Waals surface area contributed by atoms with Crippen molar-refractivity contribution in [3.8, 4) is 0 Å². The molecular formula is C17H14N2O3. The van der Waals surface area contributed by atoms with Gasteiger partial charge in [0.05, 0.1) is 10.9 Å². The van der Waals surface area contributed by atoms with Crippen molar-refractivity contribution in [1.82, 2.24) is 9.13 Å². The molecule has 0 N–H and O–H groups in total. The average Bonchev–Trinajstić information content (AvgIpc) is 2.53. The molecule has 0 bridgehead atoms. The quantitative estimate of drug-likeness (QED) is 0.686. The highest BCUT2D eigenvalue weighted by atomic mass is 16.2. The van der Waals surface area contributed by atoms with Crippen molar-refractivity contribution < 1.29 is 4.79 Å². The smallest absolute Gasteiger partial charge is 0.296 e. The number of para-hydroxylation sites is 1. The third-order valence-electron chi connectivity index (χ3n) is 3.68. The van der Waals surface area contributed by atoms with Crippen molar-refractivity contribution in [3.05, 3.63) is 80.5 Å². The van der Waals surface area contributed by atoms with Gasteiger partial charge in [0.1, 0.15) is 0 Å². The summed E-state index contributed by atoms with van der Waals surface area (Å²) in [4.78, 5) is 37.4. The third kappa shape index (κ3) is 2.07. The van der Waals surface area contributed by atoms with Crippen LogP contribution in [-0.2, 0) is 7.05 Å². The standard InChI is InChI=1S/C17H14N2O3/c1-11-7-9-12(10-8-11)15(20)19-16(21)13-5-3-4-6-14(13)18(2)17(19)22/h3-10H,1-2H3. The van der Waals surface area contributed by atoms with Gasteiger partial charge in [-0.25, -0.2) is 4.79 Å². The Morgan fingerprint density at radius 2 is 1.59 bits per heavy atom. The monoisotopic (exact) mass is 294 g/mol. The molecule has 0 amide bonds. The first-order valence-electron chi connectivity index (χ1n) is 6.83. The molecule has 0 aliphatic carbocycles. The van der Waals surface area contributed by atoms with E-state index in [1.54, 1.807) is 55.6 Å². The molecular weight excluding hydrogens is 280 g/mol. The van der Waals surface area contributed by atoms with Crippen LogP contribution in [0.25, 0.3) is 10.9 Å². The summed E-state index contributed by atoms with van der Waals surface area (Å²) in [6.45, 7) is 1.90. The average molecular weight is 294 g/mol. The molecule has 0 spiro atoms. The Morgan fingerprint density at radius 1 is 0.955 bits per heavy atom. The minimum atomic E-state index is -0.644. The number of rotatable bonds is 1. The van der Waals surface area contributed by atoms with Crippen molar-refractivity contribution in [2.24, 2.45) is 7.05 Å². The molecule has 22 heavy (non-hydrogen) atoms. The summed E-state index contributed by atoms with van der Waals surface area (Å²) in [6, 6.07) is 13.5. The minimum absolute atomic E-state index is 0.306. The fourth-order valence-corrected chi connectivity index (χ4v) is 2.41. The van der Waals surface area contributed by atoms with Crippen LogP contribution in [0.5, 0.6) is 0 Å². The summed E-state index contributed by atoms with van der Waals surface area (Å²) in [6.07, 6.45) is 0. The van der Waals surface area contributed by atoms with Crippen molar-refractivity contribution in [2.45, 2.75) is 6.92 Å². The van der Waals surface area contributed by atoms with Crippen LogP contribution in [-0.4, -0.2) is 15.0 Å². The molecule has 0 fully saturated rings. The number of aromatic nitrogens is 2. The Kier molecular flexibility index (Phi) is 3.25. The van der Waals surface area contributed by atoms with Crippen LogP contribution in [0, 0.1) is 6.92 Å². The second kappa shape index (κ2) is 5.11. The van der Waals surface area contributed by atoms with E-state index in [-0.39, 0.29) is 0 Å². The highest BCUT2D eigenvalue weighted by molar-refractivity contribution is 5.97. The lowest BCUT2D eigenvalue weighted by molar-refractivity contribution is 0.0950. The number of carbonyl (C=O) groups excluding carboxylic acids is 1.